The van der Waals surface area contributed by atoms with Crippen molar-refractivity contribution in [1.82, 2.24) is 20.4 Å². The first-order valence-electron chi connectivity index (χ1n) is 9.20. The van der Waals surface area contributed by atoms with E-state index in [-0.39, 0.29) is 18.3 Å². The van der Waals surface area contributed by atoms with Crippen molar-refractivity contribution in [2.45, 2.75) is 20.4 Å². The Morgan fingerprint density at radius 1 is 1.04 bits per heavy atom. The lowest BCUT2D eigenvalue weighted by Gasteiger charge is -2.07. The number of hydrogen-bond acceptors (Lipinski definition) is 3. The third-order valence-corrected chi connectivity index (χ3v) is 4.63. The Morgan fingerprint density at radius 2 is 1.79 bits per heavy atom. The van der Waals surface area contributed by atoms with Gasteiger partial charge in [0.2, 0.25) is 0 Å². The van der Waals surface area contributed by atoms with Crippen LogP contribution in [0, 0.1) is 13.8 Å². The molecule has 28 heavy (non-hydrogen) atoms. The second-order valence-corrected chi connectivity index (χ2v) is 6.73. The SMILES string of the molecule is CNCCNC(=O)c1cn(Cc2ccccc2)nc1-c1ccc(C)c(C)c1.Cl. The summed E-state index contributed by atoms with van der Waals surface area (Å²) in [4.78, 5) is 12.7. The van der Waals surface area contributed by atoms with Crippen LogP contribution < -0.4 is 10.6 Å². The lowest BCUT2D eigenvalue weighted by Crippen LogP contribution is -2.30. The van der Waals surface area contributed by atoms with Crippen LogP contribution in [0.3, 0.4) is 0 Å². The molecule has 1 amide bonds. The zero-order valence-electron chi connectivity index (χ0n) is 16.5. The molecule has 148 valence electrons. The van der Waals surface area contributed by atoms with Gasteiger partial charge < -0.3 is 10.6 Å². The maximum Gasteiger partial charge on any atom is 0.255 e. The second kappa shape index (κ2) is 10.1. The number of halogens is 1. The predicted molar refractivity (Wildman–Crippen MR) is 116 cm³/mol. The number of aryl methyl sites for hydroxylation is 2. The molecule has 0 spiro atoms. The maximum atomic E-state index is 12.7. The summed E-state index contributed by atoms with van der Waals surface area (Å²) in [5.74, 6) is -0.0993. The number of nitrogens with one attached hydrogen (secondary N) is 2. The number of benzene rings is 2. The van der Waals surface area contributed by atoms with E-state index in [1.54, 1.807) is 0 Å². The molecule has 0 aliphatic heterocycles. The number of nitrogens with zero attached hydrogens (tertiary/aromatic N) is 2. The molecule has 0 bridgehead atoms. The van der Waals surface area contributed by atoms with Gasteiger partial charge in [-0.05, 0) is 43.7 Å². The first kappa shape index (κ1) is 21.7. The minimum absolute atomic E-state index is 0. The Balaban J connectivity index is 0.00000280. The zero-order chi connectivity index (χ0) is 19.2. The maximum absolute atomic E-state index is 12.7. The van der Waals surface area contributed by atoms with Gasteiger partial charge in [0.1, 0.15) is 5.69 Å². The highest BCUT2D eigenvalue weighted by atomic mass is 35.5. The van der Waals surface area contributed by atoms with Gasteiger partial charge in [-0.25, -0.2) is 0 Å². The first-order chi connectivity index (χ1) is 13.1. The van der Waals surface area contributed by atoms with Gasteiger partial charge in [0.25, 0.3) is 5.91 Å². The monoisotopic (exact) mass is 398 g/mol. The summed E-state index contributed by atoms with van der Waals surface area (Å²) in [5.41, 5.74) is 5.84. The molecule has 0 saturated heterocycles. The zero-order valence-corrected chi connectivity index (χ0v) is 17.3. The van der Waals surface area contributed by atoms with Gasteiger partial charge in [0, 0.05) is 24.8 Å². The topological polar surface area (TPSA) is 58.9 Å². The minimum atomic E-state index is -0.0993. The molecular formula is C22H27ClN4O. The average Bonchev–Trinajstić information content (AvgIpc) is 3.09. The fourth-order valence-electron chi connectivity index (χ4n) is 2.94. The third-order valence-electron chi connectivity index (χ3n) is 4.63. The molecule has 6 heteroatoms. The lowest BCUT2D eigenvalue weighted by molar-refractivity contribution is 0.0954. The summed E-state index contributed by atoms with van der Waals surface area (Å²) >= 11 is 0. The van der Waals surface area contributed by atoms with Crippen LogP contribution in [-0.4, -0.2) is 35.8 Å². The number of carbonyl (C=O) groups excluding carboxylic acids is 1. The van der Waals surface area contributed by atoms with Crippen molar-refractivity contribution in [3.8, 4) is 11.3 Å². The van der Waals surface area contributed by atoms with Crippen LogP contribution in [0.5, 0.6) is 0 Å². The first-order valence-corrected chi connectivity index (χ1v) is 9.20. The Labute approximate surface area is 172 Å². The molecule has 1 aromatic heterocycles. The van der Waals surface area contributed by atoms with Gasteiger partial charge in [-0.2, -0.15) is 5.10 Å². The van der Waals surface area contributed by atoms with Gasteiger partial charge in [0.05, 0.1) is 12.1 Å². The molecule has 0 atom stereocenters. The van der Waals surface area contributed by atoms with Crippen molar-refractivity contribution in [1.29, 1.82) is 0 Å². The molecule has 0 unspecified atom stereocenters. The number of likely N-dealkylation sites (N-methyl/N-ethyl adjacent to an activating group) is 1. The Bertz CT molecular complexity index is 922. The molecule has 5 nitrogen and oxygen atoms in total. The third kappa shape index (κ3) is 5.21. The largest absolute Gasteiger partial charge is 0.351 e. The normalized spacial score (nSPS) is 10.4. The minimum Gasteiger partial charge on any atom is -0.351 e. The summed E-state index contributed by atoms with van der Waals surface area (Å²) in [6.45, 7) is 6.09. The van der Waals surface area contributed by atoms with Crippen LogP contribution in [0.15, 0.2) is 54.7 Å². The number of carbonyl (C=O) groups is 1. The van der Waals surface area contributed by atoms with E-state index in [0.717, 1.165) is 23.4 Å². The molecule has 3 rings (SSSR count). The molecule has 0 radical (unpaired) electrons. The van der Waals surface area contributed by atoms with E-state index in [2.05, 4.69) is 48.7 Å². The molecule has 2 aromatic carbocycles. The van der Waals surface area contributed by atoms with Crippen molar-refractivity contribution < 1.29 is 4.79 Å². The molecule has 0 aliphatic carbocycles. The van der Waals surface area contributed by atoms with Crippen LogP contribution in [0.4, 0.5) is 0 Å². The van der Waals surface area contributed by atoms with E-state index in [9.17, 15) is 4.79 Å². The Kier molecular flexibility index (Phi) is 7.79. The smallest absolute Gasteiger partial charge is 0.255 e. The van der Waals surface area contributed by atoms with E-state index >= 15 is 0 Å². The standard InChI is InChI=1S/C22H26N4O.ClH/c1-16-9-10-19(13-17(16)2)21-20(22(27)24-12-11-23-3)15-26(25-21)14-18-7-5-4-6-8-18;/h4-10,13,15,23H,11-12,14H2,1-3H3,(H,24,27);1H. The molecule has 2 N–H and O–H groups in total. The van der Waals surface area contributed by atoms with Crippen LogP contribution in [0.2, 0.25) is 0 Å². The van der Waals surface area contributed by atoms with E-state index in [4.69, 9.17) is 5.10 Å². The van der Waals surface area contributed by atoms with Crippen LogP contribution in [0.25, 0.3) is 11.3 Å². The second-order valence-electron chi connectivity index (χ2n) is 6.73. The number of hydrogen-bond donors (Lipinski definition) is 2. The fourth-order valence-corrected chi connectivity index (χ4v) is 2.94. The van der Waals surface area contributed by atoms with Gasteiger partial charge in [0.15, 0.2) is 0 Å². The predicted octanol–water partition coefficient (Wildman–Crippen LogP) is 3.59. The highest BCUT2D eigenvalue weighted by Gasteiger charge is 2.18. The van der Waals surface area contributed by atoms with Gasteiger partial charge in [-0.1, -0.05) is 42.5 Å². The van der Waals surface area contributed by atoms with E-state index in [0.29, 0.717) is 18.7 Å². The molecular weight excluding hydrogens is 372 g/mol. The van der Waals surface area contributed by atoms with Crippen molar-refractivity contribution in [2.75, 3.05) is 20.1 Å². The fraction of sp³-hybridized carbons (Fsp3) is 0.273. The van der Waals surface area contributed by atoms with Gasteiger partial charge in [-0.15, -0.1) is 12.4 Å². The number of rotatable bonds is 7. The molecule has 0 aliphatic rings. The molecule has 0 fully saturated rings. The Hall–Kier alpha value is -2.63. The van der Waals surface area contributed by atoms with Crippen LogP contribution >= 0.6 is 12.4 Å². The summed E-state index contributed by atoms with van der Waals surface area (Å²) in [6.07, 6.45) is 1.84. The molecule has 0 saturated carbocycles. The van der Waals surface area contributed by atoms with E-state index < -0.39 is 0 Å². The average molecular weight is 399 g/mol. The highest BCUT2D eigenvalue weighted by molar-refractivity contribution is 5.99. The van der Waals surface area contributed by atoms with Crippen molar-refractivity contribution in [3.05, 3.63) is 77.0 Å². The summed E-state index contributed by atoms with van der Waals surface area (Å²) in [7, 11) is 1.87. The molecule has 3 aromatic rings. The highest BCUT2D eigenvalue weighted by Crippen LogP contribution is 2.25. The van der Waals surface area contributed by atoms with E-state index in [1.165, 1.54) is 11.1 Å². The number of aromatic nitrogens is 2. The van der Waals surface area contributed by atoms with Crippen molar-refractivity contribution >= 4 is 18.3 Å². The summed E-state index contributed by atoms with van der Waals surface area (Å²) in [5, 5.41) is 10.7. The Morgan fingerprint density at radius 3 is 2.46 bits per heavy atom. The van der Waals surface area contributed by atoms with Crippen molar-refractivity contribution in [2.24, 2.45) is 0 Å². The summed E-state index contributed by atoms with van der Waals surface area (Å²) in [6, 6.07) is 16.3. The van der Waals surface area contributed by atoms with Gasteiger partial charge in [-0.3, -0.25) is 9.48 Å². The quantitative estimate of drug-likeness (QED) is 0.598. The number of amides is 1. The van der Waals surface area contributed by atoms with E-state index in [1.807, 2.05) is 42.2 Å². The summed E-state index contributed by atoms with van der Waals surface area (Å²) < 4.78 is 1.84. The lowest BCUT2D eigenvalue weighted by atomic mass is 10.0. The van der Waals surface area contributed by atoms with Crippen LogP contribution in [-0.2, 0) is 6.54 Å². The van der Waals surface area contributed by atoms with Crippen molar-refractivity contribution in [3.63, 3.8) is 0 Å². The van der Waals surface area contributed by atoms with Gasteiger partial charge >= 0.3 is 0 Å². The van der Waals surface area contributed by atoms with Crippen LogP contribution in [0.1, 0.15) is 27.0 Å². The molecule has 1 heterocycles.